The topological polar surface area (TPSA) is 75.8 Å². The lowest BCUT2D eigenvalue weighted by atomic mass is 9.97. The van der Waals surface area contributed by atoms with Gasteiger partial charge in [-0.2, -0.15) is 0 Å². The van der Waals surface area contributed by atoms with Crippen molar-refractivity contribution in [3.8, 4) is 11.5 Å². The molecule has 1 aromatic carbocycles. The van der Waals surface area contributed by atoms with Crippen LogP contribution in [0.25, 0.3) is 11.5 Å². The van der Waals surface area contributed by atoms with E-state index in [1.165, 1.54) is 0 Å². The summed E-state index contributed by atoms with van der Waals surface area (Å²) in [5.41, 5.74) is 1.04. The number of nitrogens with zero attached hydrogens (tertiary/aromatic N) is 3. The number of aliphatic imine (C=N–C) groups is 1. The molecule has 1 aliphatic carbocycles. The van der Waals surface area contributed by atoms with E-state index in [1.807, 2.05) is 43.3 Å². The van der Waals surface area contributed by atoms with Gasteiger partial charge in [0.2, 0.25) is 17.4 Å². The maximum Gasteiger partial charge on any atom is 0.244 e. The molecule has 24 heavy (non-hydrogen) atoms. The normalized spacial score (nSPS) is 16.1. The van der Waals surface area contributed by atoms with Crippen LogP contribution in [0.4, 0.5) is 0 Å². The third kappa shape index (κ3) is 3.37. The van der Waals surface area contributed by atoms with E-state index in [4.69, 9.17) is 4.42 Å². The summed E-state index contributed by atoms with van der Waals surface area (Å²) in [6.07, 6.45) is -0.0241. The molecule has 0 saturated heterocycles. The first-order valence-electron chi connectivity index (χ1n) is 7.48. The number of aromatic nitrogens is 1. The van der Waals surface area contributed by atoms with Crippen LogP contribution in [0.15, 0.2) is 38.1 Å². The minimum Gasteiger partial charge on any atom is -0.432 e. The Morgan fingerprint density at radius 1 is 1.33 bits per heavy atom. The third-order valence-corrected chi connectivity index (χ3v) is 4.10. The third-order valence-electron chi connectivity index (χ3n) is 3.61. The molecule has 3 rings (SSSR count). The Hall–Kier alpha value is -2.12. The van der Waals surface area contributed by atoms with Gasteiger partial charge in [-0.3, -0.25) is 14.6 Å². The molecular formula is C17H16BrN3O3. The van der Waals surface area contributed by atoms with E-state index in [0.29, 0.717) is 18.7 Å². The Kier molecular flexibility index (Phi) is 4.73. The second kappa shape index (κ2) is 6.78. The number of halogens is 1. The first kappa shape index (κ1) is 16.7. The maximum absolute atomic E-state index is 12.5. The van der Waals surface area contributed by atoms with E-state index in [-0.39, 0.29) is 41.0 Å². The highest BCUT2D eigenvalue weighted by Gasteiger charge is 2.35. The highest BCUT2D eigenvalue weighted by molar-refractivity contribution is 9.10. The van der Waals surface area contributed by atoms with Gasteiger partial charge in [-0.25, -0.2) is 4.98 Å². The lowest BCUT2D eigenvalue weighted by Crippen LogP contribution is -2.27. The molecule has 1 aromatic heterocycles. The fraction of sp³-hybridized carbons (Fsp3) is 0.294. The summed E-state index contributed by atoms with van der Waals surface area (Å²) in [6.45, 7) is 1.17. The number of rotatable bonds is 4. The summed E-state index contributed by atoms with van der Waals surface area (Å²) < 4.78 is 6.45. The van der Waals surface area contributed by atoms with Gasteiger partial charge in [0.15, 0.2) is 11.5 Å². The molecule has 124 valence electrons. The number of oxazole rings is 1. The van der Waals surface area contributed by atoms with Crippen molar-refractivity contribution in [3.05, 3.63) is 40.2 Å². The monoisotopic (exact) mass is 389 g/mol. The van der Waals surface area contributed by atoms with Crippen LogP contribution in [0.1, 0.15) is 27.5 Å². The van der Waals surface area contributed by atoms with Crippen molar-refractivity contribution in [2.24, 2.45) is 4.99 Å². The van der Waals surface area contributed by atoms with Crippen LogP contribution in [-0.4, -0.2) is 54.3 Å². The fourth-order valence-corrected chi connectivity index (χ4v) is 2.77. The second-order valence-electron chi connectivity index (χ2n) is 5.77. The molecule has 0 fully saturated rings. The summed E-state index contributed by atoms with van der Waals surface area (Å²) in [6, 6.07) is 7.33. The molecule has 2 aromatic rings. The maximum atomic E-state index is 12.5. The van der Waals surface area contributed by atoms with Gasteiger partial charge in [-0.1, -0.05) is 22.0 Å². The number of ketones is 2. The minimum atomic E-state index is -0.350. The molecule has 1 aliphatic rings. The Balaban J connectivity index is 1.93. The first-order valence-corrected chi connectivity index (χ1v) is 8.27. The Bertz CT molecular complexity index is 839. The molecule has 0 bridgehead atoms. The first-order chi connectivity index (χ1) is 11.5. The number of benzene rings is 1. The van der Waals surface area contributed by atoms with Crippen LogP contribution in [0, 0.1) is 0 Å². The van der Waals surface area contributed by atoms with Gasteiger partial charge in [0.05, 0.1) is 18.7 Å². The Labute approximate surface area is 147 Å². The van der Waals surface area contributed by atoms with Crippen molar-refractivity contribution >= 4 is 33.2 Å². The average Bonchev–Trinajstić information content (AvgIpc) is 2.98. The molecule has 0 spiro atoms. The lowest BCUT2D eigenvalue weighted by Gasteiger charge is -2.10. The van der Waals surface area contributed by atoms with E-state index >= 15 is 0 Å². The molecule has 7 heteroatoms. The summed E-state index contributed by atoms with van der Waals surface area (Å²) >= 11 is 3.38. The molecule has 0 aliphatic heterocycles. The van der Waals surface area contributed by atoms with Gasteiger partial charge in [-0.15, -0.1) is 0 Å². The van der Waals surface area contributed by atoms with Crippen LogP contribution in [0.2, 0.25) is 0 Å². The van der Waals surface area contributed by atoms with E-state index in [0.717, 1.165) is 4.47 Å². The van der Waals surface area contributed by atoms with Crippen LogP contribution in [-0.2, 0) is 0 Å². The zero-order chi connectivity index (χ0) is 17.3. The lowest BCUT2D eigenvalue weighted by molar-refractivity contribution is 0.0949. The van der Waals surface area contributed by atoms with Crippen molar-refractivity contribution < 1.29 is 14.0 Å². The summed E-state index contributed by atoms with van der Waals surface area (Å²) in [4.78, 5) is 35.2. The van der Waals surface area contributed by atoms with Crippen molar-refractivity contribution in [2.75, 3.05) is 27.2 Å². The predicted octanol–water partition coefficient (Wildman–Crippen LogP) is 2.88. The van der Waals surface area contributed by atoms with Crippen molar-refractivity contribution in [2.45, 2.75) is 6.42 Å². The highest BCUT2D eigenvalue weighted by atomic mass is 79.9. The largest absolute Gasteiger partial charge is 0.432 e. The van der Waals surface area contributed by atoms with Gasteiger partial charge in [0.1, 0.15) is 0 Å². The van der Waals surface area contributed by atoms with Crippen LogP contribution in [0.3, 0.4) is 0 Å². The van der Waals surface area contributed by atoms with E-state index < -0.39 is 0 Å². The molecule has 0 radical (unpaired) electrons. The molecule has 1 heterocycles. The molecule has 6 nitrogen and oxygen atoms in total. The van der Waals surface area contributed by atoms with E-state index in [2.05, 4.69) is 25.9 Å². The number of fused-ring (bicyclic) bond motifs is 1. The number of Topliss-reactive ketones (excluding diaryl/α,β-unsaturated/α-hetero) is 2. The quantitative estimate of drug-likeness (QED) is 0.803. The molecule has 0 amide bonds. The predicted molar refractivity (Wildman–Crippen MR) is 93.8 cm³/mol. The van der Waals surface area contributed by atoms with E-state index in [9.17, 15) is 9.59 Å². The number of carbonyl (C=O) groups excluding carboxylic acids is 2. The van der Waals surface area contributed by atoms with E-state index in [1.54, 1.807) is 0 Å². The molecule has 0 unspecified atom stereocenters. The van der Waals surface area contributed by atoms with Crippen molar-refractivity contribution in [1.29, 1.82) is 0 Å². The summed E-state index contributed by atoms with van der Waals surface area (Å²) in [7, 11) is 3.85. The second-order valence-corrected chi connectivity index (χ2v) is 6.68. The minimum absolute atomic E-state index is 0.00942. The molecule has 0 N–H and O–H groups in total. The molecular weight excluding hydrogens is 374 g/mol. The standard InChI is InChI=1S/C17H16BrN3O3/c1-21(2)7-6-19-12-9-13(22)14-16(15(12)23)24-17(20-14)10-4-3-5-11(18)8-10/h3-5,8H,6-7,9H2,1-2H3. The van der Waals surface area contributed by atoms with Crippen molar-refractivity contribution in [3.63, 3.8) is 0 Å². The van der Waals surface area contributed by atoms with Gasteiger partial charge in [0.25, 0.3) is 0 Å². The van der Waals surface area contributed by atoms with Gasteiger partial charge in [-0.05, 0) is 32.3 Å². The SMILES string of the molecule is CN(C)CCN=C1CC(=O)c2nc(-c3cccc(Br)c3)oc2C1=O. The van der Waals surface area contributed by atoms with Crippen LogP contribution in [0.5, 0.6) is 0 Å². The van der Waals surface area contributed by atoms with Crippen molar-refractivity contribution in [1.82, 2.24) is 9.88 Å². The number of hydrogen-bond acceptors (Lipinski definition) is 6. The van der Waals surface area contributed by atoms with Gasteiger partial charge in [0, 0.05) is 16.6 Å². The zero-order valence-corrected chi connectivity index (χ0v) is 15.0. The fourth-order valence-electron chi connectivity index (χ4n) is 2.37. The molecule has 0 atom stereocenters. The number of likely N-dealkylation sites (N-methyl/N-ethyl adjacent to an activating group) is 1. The zero-order valence-electron chi connectivity index (χ0n) is 13.4. The smallest absolute Gasteiger partial charge is 0.244 e. The summed E-state index contributed by atoms with van der Waals surface area (Å²) in [5, 5.41) is 0. The number of carbonyl (C=O) groups is 2. The average molecular weight is 390 g/mol. The number of hydrogen-bond donors (Lipinski definition) is 0. The molecule has 0 saturated carbocycles. The van der Waals surface area contributed by atoms with Gasteiger partial charge < -0.3 is 9.32 Å². The van der Waals surface area contributed by atoms with Gasteiger partial charge >= 0.3 is 0 Å². The summed E-state index contributed by atoms with van der Waals surface area (Å²) in [5.74, 6) is -0.335. The van der Waals surface area contributed by atoms with Crippen LogP contribution >= 0.6 is 15.9 Å². The highest BCUT2D eigenvalue weighted by Crippen LogP contribution is 2.28. The Morgan fingerprint density at radius 2 is 2.12 bits per heavy atom. The van der Waals surface area contributed by atoms with Crippen LogP contribution < -0.4 is 0 Å². The Morgan fingerprint density at radius 3 is 2.83 bits per heavy atom.